The van der Waals surface area contributed by atoms with Crippen LogP contribution >= 0.6 is 11.6 Å². The third-order valence-corrected chi connectivity index (χ3v) is 4.01. The smallest absolute Gasteiger partial charge is 0.0515 e. The third kappa shape index (κ3) is 1.31. The molecule has 0 radical (unpaired) electrons. The zero-order valence-electron chi connectivity index (χ0n) is 7.72. The summed E-state index contributed by atoms with van der Waals surface area (Å²) in [5, 5.41) is 0. The minimum Gasteiger partial charge on any atom is -0.119 e. The molecule has 1 saturated carbocycles. The number of halogens is 1. The van der Waals surface area contributed by atoms with Crippen LogP contribution in [-0.4, -0.2) is 4.87 Å². The van der Waals surface area contributed by atoms with Gasteiger partial charge in [0.2, 0.25) is 0 Å². The SMILES string of the molecule is CCCCC1(Cl)CC2C=CC1C2. The highest BCUT2D eigenvalue weighted by Gasteiger charge is 2.46. The van der Waals surface area contributed by atoms with Crippen LogP contribution in [0.5, 0.6) is 0 Å². The van der Waals surface area contributed by atoms with Crippen molar-refractivity contribution in [1.82, 2.24) is 0 Å². The van der Waals surface area contributed by atoms with E-state index in [2.05, 4.69) is 19.1 Å². The average Bonchev–Trinajstić information content (AvgIpc) is 2.60. The monoisotopic (exact) mass is 184 g/mol. The van der Waals surface area contributed by atoms with Crippen molar-refractivity contribution < 1.29 is 0 Å². The molecule has 2 aliphatic carbocycles. The minimum atomic E-state index is 0.148. The quantitative estimate of drug-likeness (QED) is 0.463. The average molecular weight is 185 g/mol. The van der Waals surface area contributed by atoms with Crippen LogP contribution in [0.3, 0.4) is 0 Å². The molecule has 0 aromatic carbocycles. The lowest BCUT2D eigenvalue weighted by Crippen LogP contribution is -2.26. The van der Waals surface area contributed by atoms with Gasteiger partial charge in [-0.25, -0.2) is 0 Å². The van der Waals surface area contributed by atoms with E-state index >= 15 is 0 Å². The fourth-order valence-electron chi connectivity index (χ4n) is 2.65. The Hall–Kier alpha value is 0.0300. The summed E-state index contributed by atoms with van der Waals surface area (Å²) in [7, 11) is 0. The van der Waals surface area contributed by atoms with E-state index in [9.17, 15) is 0 Å². The third-order valence-electron chi connectivity index (χ3n) is 3.38. The molecule has 2 rings (SSSR count). The Morgan fingerprint density at radius 3 is 2.83 bits per heavy atom. The number of allylic oxidation sites excluding steroid dienone is 2. The topological polar surface area (TPSA) is 0 Å². The van der Waals surface area contributed by atoms with E-state index in [0.29, 0.717) is 5.92 Å². The molecule has 2 aliphatic rings. The Bertz CT molecular complexity index is 197. The molecule has 68 valence electrons. The Labute approximate surface area is 80.0 Å². The second kappa shape index (κ2) is 3.06. The highest BCUT2D eigenvalue weighted by molar-refractivity contribution is 6.24. The van der Waals surface area contributed by atoms with Crippen molar-refractivity contribution in [3.8, 4) is 0 Å². The highest BCUT2D eigenvalue weighted by Crippen LogP contribution is 2.52. The Morgan fingerprint density at radius 1 is 1.50 bits per heavy atom. The first-order chi connectivity index (χ1) is 5.74. The summed E-state index contributed by atoms with van der Waals surface area (Å²) in [5.41, 5.74) is 0. The zero-order chi connectivity index (χ0) is 8.60. The van der Waals surface area contributed by atoms with Crippen LogP contribution in [0.25, 0.3) is 0 Å². The largest absolute Gasteiger partial charge is 0.119 e. The lowest BCUT2D eigenvalue weighted by molar-refractivity contribution is 0.440. The van der Waals surface area contributed by atoms with E-state index < -0.39 is 0 Å². The van der Waals surface area contributed by atoms with Crippen molar-refractivity contribution in [2.75, 3.05) is 0 Å². The summed E-state index contributed by atoms with van der Waals surface area (Å²) in [6.45, 7) is 2.24. The molecular weight excluding hydrogens is 168 g/mol. The van der Waals surface area contributed by atoms with Crippen LogP contribution in [0.2, 0.25) is 0 Å². The molecule has 2 bridgehead atoms. The van der Waals surface area contributed by atoms with Crippen LogP contribution in [0.1, 0.15) is 39.0 Å². The second-order valence-electron chi connectivity index (χ2n) is 4.33. The molecule has 0 aromatic heterocycles. The first-order valence-corrected chi connectivity index (χ1v) is 5.49. The number of alkyl halides is 1. The van der Waals surface area contributed by atoms with Gasteiger partial charge in [0, 0.05) is 0 Å². The summed E-state index contributed by atoms with van der Waals surface area (Å²) < 4.78 is 0. The number of fused-ring (bicyclic) bond motifs is 2. The molecule has 0 heterocycles. The van der Waals surface area contributed by atoms with Gasteiger partial charge in [-0.05, 0) is 31.1 Å². The number of rotatable bonds is 3. The van der Waals surface area contributed by atoms with E-state index in [4.69, 9.17) is 11.6 Å². The van der Waals surface area contributed by atoms with Gasteiger partial charge < -0.3 is 0 Å². The normalized spacial score (nSPS) is 44.2. The molecule has 0 saturated heterocycles. The molecule has 0 N–H and O–H groups in total. The van der Waals surface area contributed by atoms with Crippen molar-refractivity contribution in [3.05, 3.63) is 12.2 Å². The maximum absolute atomic E-state index is 6.59. The van der Waals surface area contributed by atoms with Crippen molar-refractivity contribution >= 4 is 11.6 Å². The van der Waals surface area contributed by atoms with Gasteiger partial charge >= 0.3 is 0 Å². The Morgan fingerprint density at radius 2 is 2.33 bits per heavy atom. The van der Waals surface area contributed by atoms with Gasteiger partial charge in [0.05, 0.1) is 4.87 Å². The van der Waals surface area contributed by atoms with Crippen molar-refractivity contribution in [2.24, 2.45) is 11.8 Å². The summed E-state index contributed by atoms with van der Waals surface area (Å²) in [4.78, 5) is 0.148. The van der Waals surface area contributed by atoms with Crippen LogP contribution < -0.4 is 0 Å². The number of hydrogen-bond donors (Lipinski definition) is 0. The predicted molar refractivity (Wildman–Crippen MR) is 53.5 cm³/mol. The van der Waals surface area contributed by atoms with Gasteiger partial charge in [0.15, 0.2) is 0 Å². The molecule has 1 heteroatoms. The molecule has 0 aromatic rings. The van der Waals surface area contributed by atoms with Crippen molar-refractivity contribution in [2.45, 2.75) is 43.9 Å². The van der Waals surface area contributed by atoms with Crippen LogP contribution in [0.15, 0.2) is 12.2 Å². The zero-order valence-corrected chi connectivity index (χ0v) is 8.48. The molecule has 0 nitrogen and oxygen atoms in total. The lowest BCUT2D eigenvalue weighted by atomic mass is 9.88. The first-order valence-electron chi connectivity index (χ1n) is 5.12. The molecule has 3 atom stereocenters. The minimum absolute atomic E-state index is 0.148. The molecular formula is C11H17Cl. The van der Waals surface area contributed by atoms with Gasteiger partial charge in [0.25, 0.3) is 0 Å². The van der Waals surface area contributed by atoms with Crippen LogP contribution in [0, 0.1) is 11.8 Å². The van der Waals surface area contributed by atoms with Gasteiger partial charge in [-0.15, -0.1) is 11.6 Å². The maximum atomic E-state index is 6.59. The predicted octanol–water partition coefficient (Wildman–Crippen LogP) is 3.75. The highest BCUT2D eigenvalue weighted by atomic mass is 35.5. The Balaban J connectivity index is 1.99. The summed E-state index contributed by atoms with van der Waals surface area (Å²) in [5.74, 6) is 1.50. The lowest BCUT2D eigenvalue weighted by Gasteiger charge is -2.28. The van der Waals surface area contributed by atoms with E-state index in [1.807, 2.05) is 0 Å². The van der Waals surface area contributed by atoms with Gasteiger partial charge in [0.1, 0.15) is 0 Å². The van der Waals surface area contributed by atoms with Gasteiger partial charge in [-0.3, -0.25) is 0 Å². The summed E-state index contributed by atoms with van der Waals surface area (Å²) in [6.07, 6.45) is 11.0. The second-order valence-corrected chi connectivity index (χ2v) is 5.08. The summed E-state index contributed by atoms with van der Waals surface area (Å²) in [6, 6.07) is 0. The van der Waals surface area contributed by atoms with E-state index in [-0.39, 0.29) is 4.87 Å². The van der Waals surface area contributed by atoms with E-state index in [0.717, 1.165) is 5.92 Å². The Kier molecular flexibility index (Phi) is 2.20. The molecule has 0 amide bonds. The van der Waals surface area contributed by atoms with Gasteiger partial charge in [-0.2, -0.15) is 0 Å². The molecule has 0 spiro atoms. The fraction of sp³-hybridized carbons (Fsp3) is 0.818. The molecule has 3 unspecified atom stereocenters. The van der Waals surface area contributed by atoms with Crippen molar-refractivity contribution in [3.63, 3.8) is 0 Å². The molecule has 1 fully saturated rings. The van der Waals surface area contributed by atoms with Gasteiger partial charge in [-0.1, -0.05) is 31.9 Å². The molecule has 0 aliphatic heterocycles. The maximum Gasteiger partial charge on any atom is 0.0515 e. The van der Waals surface area contributed by atoms with E-state index in [1.54, 1.807) is 0 Å². The number of hydrogen-bond acceptors (Lipinski definition) is 0. The molecule has 12 heavy (non-hydrogen) atoms. The summed E-state index contributed by atoms with van der Waals surface area (Å²) >= 11 is 6.59. The fourth-order valence-corrected chi connectivity index (χ4v) is 3.15. The number of unbranched alkanes of at least 4 members (excludes halogenated alkanes) is 1. The first kappa shape index (κ1) is 8.62. The van der Waals surface area contributed by atoms with Crippen LogP contribution in [-0.2, 0) is 0 Å². The van der Waals surface area contributed by atoms with Crippen LogP contribution in [0.4, 0.5) is 0 Å². The van der Waals surface area contributed by atoms with E-state index in [1.165, 1.54) is 32.1 Å². The van der Waals surface area contributed by atoms with Crippen molar-refractivity contribution in [1.29, 1.82) is 0 Å². The standard InChI is InChI=1S/C11H17Cl/c1-2-3-6-11(12)8-9-4-5-10(11)7-9/h4-5,9-10H,2-3,6-8H2,1H3.